The Labute approximate surface area is 125 Å². The Morgan fingerprint density at radius 1 is 0.650 bits per heavy atom. The zero-order valence-electron chi connectivity index (χ0n) is 13.8. The predicted molar refractivity (Wildman–Crippen MR) is 92.4 cm³/mol. The molecular formula is C19H29N. The Morgan fingerprint density at radius 2 is 0.950 bits per heavy atom. The first-order chi connectivity index (χ1) is 9.86. The van der Waals surface area contributed by atoms with Crippen molar-refractivity contribution in [3.63, 3.8) is 0 Å². The fourth-order valence-electron chi connectivity index (χ4n) is 2.08. The van der Waals surface area contributed by atoms with Gasteiger partial charge >= 0.3 is 0 Å². The van der Waals surface area contributed by atoms with E-state index in [1.54, 1.807) is 0 Å². The summed E-state index contributed by atoms with van der Waals surface area (Å²) >= 11 is 0. The highest BCUT2D eigenvalue weighted by Crippen LogP contribution is 2.35. The first kappa shape index (κ1) is 18.4. The molecule has 1 aliphatic rings. The summed E-state index contributed by atoms with van der Waals surface area (Å²) in [6.07, 6.45) is 1.10. The molecule has 20 heavy (non-hydrogen) atoms. The number of nitrogens with one attached hydrogen (secondary N) is 1. The zero-order chi connectivity index (χ0) is 15.4. The van der Waals surface area contributed by atoms with Crippen molar-refractivity contribution in [2.75, 3.05) is 14.1 Å². The smallest absolute Gasteiger partial charge is 0.00135 e. The van der Waals surface area contributed by atoms with E-state index in [1.165, 1.54) is 22.3 Å². The Balaban J connectivity index is 0.000000451. The van der Waals surface area contributed by atoms with Crippen LogP contribution in [0.25, 0.3) is 11.1 Å². The molecule has 0 aromatic heterocycles. The fraction of sp³-hybridized carbons (Fsp3) is 0.368. The van der Waals surface area contributed by atoms with Gasteiger partial charge in [-0.3, -0.25) is 0 Å². The molecule has 0 heterocycles. The van der Waals surface area contributed by atoms with Gasteiger partial charge in [0.15, 0.2) is 0 Å². The van der Waals surface area contributed by atoms with Crippen LogP contribution < -0.4 is 5.32 Å². The molecule has 1 heteroatoms. The Hall–Kier alpha value is -1.60. The largest absolute Gasteiger partial charge is 0.323 e. The van der Waals surface area contributed by atoms with Crippen molar-refractivity contribution in [3.05, 3.63) is 59.7 Å². The van der Waals surface area contributed by atoms with Crippen LogP contribution in [0.15, 0.2) is 48.5 Å². The van der Waals surface area contributed by atoms with E-state index in [4.69, 9.17) is 0 Å². The van der Waals surface area contributed by atoms with Gasteiger partial charge in [0, 0.05) is 0 Å². The van der Waals surface area contributed by atoms with Crippen molar-refractivity contribution >= 4 is 0 Å². The Morgan fingerprint density at radius 3 is 1.30 bits per heavy atom. The van der Waals surface area contributed by atoms with E-state index < -0.39 is 0 Å². The van der Waals surface area contributed by atoms with Gasteiger partial charge in [-0.05, 0) is 42.8 Å². The van der Waals surface area contributed by atoms with Crippen LogP contribution >= 0.6 is 0 Å². The molecule has 0 amide bonds. The molecule has 0 atom stereocenters. The third-order valence-electron chi connectivity index (χ3n) is 2.71. The molecule has 2 aromatic rings. The first-order valence-electron chi connectivity index (χ1n) is 7.61. The van der Waals surface area contributed by atoms with Crippen molar-refractivity contribution in [3.8, 4) is 11.1 Å². The average Bonchev–Trinajstić information content (AvgIpc) is 2.91. The summed E-state index contributed by atoms with van der Waals surface area (Å²) in [5, 5.41) is 2.75. The monoisotopic (exact) mass is 271 g/mol. The van der Waals surface area contributed by atoms with E-state index in [2.05, 4.69) is 53.8 Å². The lowest BCUT2D eigenvalue weighted by atomic mass is 10.1. The van der Waals surface area contributed by atoms with Crippen molar-refractivity contribution in [1.29, 1.82) is 0 Å². The number of hydrogen-bond donors (Lipinski definition) is 1. The minimum Gasteiger partial charge on any atom is -0.323 e. The van der Waals surface area contributed by atoms with E-state index in [-0.39, 0.29) is 0 Å². The van der Waals surface area contributed by atoms with Crippen LogP contribution in [0.2, 0.25) is 0 Å². The molecule has 0 saturated carbocycles. The highest BCUT2D eigenvalue weighted by atomic mass is 14.7. The molecule has 0 bridgehead atoms. The molecule has 110 valence electrons. The molecule has 0 aliphatic heterocycles. The van der Waals surface area contributed by atoms with Gasteiger partial charge in [0.05, 0.1) is 0 Å². The number of benzene rings is 2. The van der Waals surface area contributed by atoms with Crippen molar-refractivity contribution < 1.29 is 0 Å². The van der Waals surface area contributed by atoms with Gasteiger partial charge in [-0.15, -0.1) is 0 Å². The normalized spacial score (nSPS) is 9.50. The summed E-state index contributed by atoms with van der Waals surface area (Å²) in [5.74, 6) is 0. The molecule has 1 N–H and O–H groups in total. The molecule has 1 aliphatic carbocycles. The third-order valence-corrected chi connectivity index (χ3v) is 2.71. The summed E-state index contributed by atoms with van der Waals surface area (Å²) < 4.78 is 0. The van der Waals surface area contributed by atoms with E-state index in [0.717, 1.165) is 6.42 Å². The molecule has 3 rings (SSSR count). The molecule has 0 spiro atoms. The lowest BCUT2D eigenvalue weighted by molar-refractivity contribution is 1.02. The van der Waals surface area contributed by atoms with Crippen molar-refractivity contribution in [2.45, 2.75) is 34.1 Å². The van der Waals surface area contributed by atoms with Gasteiger partial charge in [-0.2, -0.15) is 0 Å². The summed E-state index contributed by atoms with van der Waals surface area (Å²) in [5.41, 5.74) is 5.75. The molecule has 0 fully saturated rings. The van der Waals surface area contributed by atoms with E-state index in [1.807, 2.05) is 41.8 Å². The van der Waals surface area contributed by atoms with Crippen molar-refractivity contribution in [2.24, 2.45) is 0 Å². The van der Waals surface area contributed by atoms with Crippen molar-refractivity contribution in [1.82, 2.24) is 5.32 Å². The van der Waals surface area contributed by atoms with E-state index >= 15 is 0 Å². The number of hydrogen-bond acceptors (Lipinski definition) is 1. The van der Waals surface area contributed by atoms with Crippen LogP contribution in [0, 0.1) is 0 Å². The lowest BCUT2D eigenvalue weighted by Gasteiger charge is -1.98. The fourth-order valence-corrected chi connectivity index (χ4v) is 2.08. The quantitative estimate of drug-likeness (QED) is 0.596. The van der Waals surface area contributed by atoms with Gasteiger partial charge < -0.3 is 5.32 Å². The summed E-state index contributed by atoms with van der Waals surface area (Å²) in [6.45, 7) is 8.00. The van der Waals surface area contributed by atoms with Gasteiger partial charge in [-0.1, -0.05) is 76.2 Å². The van der Waals surface area contributed by atoms with Crippen LogP contribution in [-0.4, -0.2) is 14.1 Å². The zero-order valence-corrected chi connectivity index (χ0v) is 13.8. The molecular weight excluding hydrogens is 242 g/mol. The minimum atomic E-state index is 1.10. The molecule has 0 unspecified atom stereocenters. The molecule has 2 aromatic carbocycles. The maximum absolute atomic E-state index is 2.75. The highest BCUT2D eigenvalue weighted by Gasteiger charge is 2.15. The third kappa shape index (κ3) is 4.82. The van der Waals surface area contributed by atoms with Gasteiger partial charge in [0.25, 0.3) is 0 Å². The second-order valence-electron chi connectivity index (χ2n) is 3.99. The standard InChI is InChI=1S/C13H10.C2H7N.2C2H6/c1-3-7-12-10(5-1)9-11-6-2-4-8-13(11)12;1-3-2;2*1-2/h1-8H,9H2;3H,1-2H3;2*1-2H3. The maximum atomic E-state index is 2.75. The number of rotatable bonds is 0. The summed E-state index contributed by atoms with van der Waals surface area (Å²) in [4.78, 5) is 0. The van der Waals surface area contributed by atoms with Crippen LogP contribution in [0.4, 0.5) is 0 Å². The van der Waals surface area contributed by atoms with E-state index in [9.17, 15) is 0 Å². The highest BCUT2D eigenvalue weighted by molar-refractivity contribution is 5.76. The molecule has 0 saturated heterocycles. The minimum absolute atomic E-state index is 1.10. The second-order valence-corrected chi connectivity index (χ2v) is 3.99. The summed E-state index contributed by atoms with van der Waals surface area (Å²) in [6, 6.07) is 17.3. The lowest BCUT2D eigenvalue weighted by Crippen LogP contribution is -1.89. The first-order valence-corrected chi connectivity index (χ1v) is 7.61. The van der Waals surface area contributed by atoms with E-state index in [0.29, 0.717) is 0 Å². The molecule has 1 nitrogen and oxygen atoms in total. The second kappa shape index (κ2) is 11.2. The Bertz CT molecular complexity index is 431. The number of fused-ring (bicyclic) bond motifs is 3. The van der Waals surface area contributed by atoms with Gasteiger partial charge in [-0.25, -0.2) is 0 Å². The van der Waals surface area contributed by atoms with Crippen LogP contribution in [-0.2, 0) is 6.42 Å². The maximum Gasteiger partial charge on any atom is -0.00135 e. The van der Waals surface area contributed by atoms with Gasteiger partial charge in [0.1, 0.15) is 0 Å². The topological polar surface area (TPSA) is 12.0 Å². The summed E-state index contributed by atoms with van der Waals surface area (Å²) in [7, 11) is 3.75. The van der Waals surface area contributed by atoms with Gasteiger partial charge in [0.2, 0.25) is 0 Å². The predicted octanol–water partition coefficient (Wildman–Crippen LogP) is 5.15. The van der Waals surface area contributed by atoms with Crippen LogP contribution in [0.5, 0.6) is 0 Å². The molecule has 0 radical (unpaired) electrons. The van der Waals surface area contributed by atoms with Crippen LogP contribution in [0.1, 0.15) is 38.8 Å². The SMILES string of the molecule is CC.CC.CNC.c1ccc2c(c1)Cc1ccccc1-2. The average molecular weight is 271 g/mol. The van der Waals surface area contributed by atoms with Crippen LogP contribution in [0.3, 0.4) is 0 Å². The Kier molecular flexibility index (Phi) is 10.3.